The molecule has 0 saturated carbocycles. The third-order valence-corrected chi connectivity index (χ3v) is 4.17. The van der Waals surface area contributed by atoms with Crippen molar-refractivity contribution in [3.05, 3.63) is 30.1 Å². The molecule has 1 N–H and O–H groups in total. The first-order valence-electron chi connectivity index (χ1n) is 6.51. The fourth-order valence-electron chi connectivity index (χ4n) is 2.21. The number of aromatic nitrogens is 2. The Balaban J connectivity index is 2.43. The molecule has 0 spiro atoms. The number of anilines is 1. The highest BCUT2D eigenvalue weighted by atomic mass is 32.2. The Hall–Kier alpha value is -1.20. The number of fused-ring (bicyclic) bond motifs is 1. The largest absolute Gasteiger partial charge is 0.355 e. The smallest absolute Gasteiger partial charge is 0.152 e. The fraction of sp³-hybridized carbons (Fsp3) is 0.500. The van der Waals surface area contributed by atoms with Crippen molar-refractivity contribution in [3.8, 4) is 0 Å². The van der Waals surface area contributed by atoms with Crippen LogP contribution in [0.5, 0.6) is 0 Å². The van der Waals surface area contributed by atoms with E-state index in [1.807, 2.05) is 30.9 Å². The number of pyridine rings is 1. The van der Waals surface area contributed by atoms with Crippen molar-refractivity contribution < 1.29 is 0 Å². The number of nitrogens with one attached hydrogen (secondary N) is 1. The van der Waals surface area contributed by atoms with Crippen LogP contribution in [0.25, 0.3) is 5.65 Å². The summed E-state index contributed by atoms with van der Waals surface area (Å²) in [4.78, 5) is 7.05. The Kier molecular flexibility index (Phi) is 4.71. The molecule has 0 aliphatic rings. The lowest BCUT2D eigenvalue weighted by molar-refractivity contribution is 0.730. The molecule has 2 aromatic heterocycles. The molecule has 4 nitrogen and oxygen atoms in total. The number of hydrogen-bond acceptors (Lipinski definition) is 4. The predicted octanol–water partition coefficient (Wildman–Crippen LogP) is 2.24. The fourth-order valence-corrected chi connectivity index (χ4v) is 2.92. The van der Waals surface area contributed by atoms with E-state index in [0.717, 1.165) is 23.8 Å². The molecule has 0 bridgehead atoms. The zero-order valence-corrected chi connectivity index (χ0v) is 12.9. The van der Waals surface area contributed by atoms with Gasteiger partial charge in [-0.3, -0.25) is 0 Å². The van der Waals surface area contributed by atoms with Crippen LogP contribution in [0.1, 0.15) is 12.6 Å². The van der Waals surface area contributed by atoms with Crippen molar-refractivity contribution in [1.82, 2.24) is 14.7 Å². The molecule has 0 aromatic carbocycles. The third kappa shape index (κ3) is 2.87. The molecular weight excluding hydrogens is 256 g/mol. The van der Waals surface area contributed by atoms with E-state index in [1.165, 1.54) is 5.69 Å². The first kappa shape index (κ1) is 14.2. The second-order valence-corrected chi connectivity index (χ2v) is 5.67. The molecule has 2 rings (SSSR count). The molecular formula is C14H22N4S. The maximum Gasteiger partial charge on any atom is 0.152 e. The van der Waals surface area contributed by atoms with E-state index in [1.54, 1.807) is 0 Å². The summed E-state index contributed by atoms with van der Waals surface area (Å²) in [5.41, 5.74) is 2.22. The summed E-state index contributed by atoms with van der Waals surface area (Å²) in [5.74, 6) is 2.17. The number of rotatable bonds is 6. The van der Waals surface area contributed by atoms with Crippen molar-refractivity contribution in [3.63, 3.8) is 0 Å². The van der Waals surface area contributed by atoms with E-state index in [9.17, 15) is 0 Å². The molecule has 0 fully saturated rings. The molecule has 1 atom stereocenters. The van der Waals surface area contributed by atoms with Gasteiger partial charge in [-0.15, -0.1) is 0 Å². The Bertz CT molecular complexity index is 537. The van der Waals surface area contributed by atoms with Gasteiger partial charge in [0.1, 0.15) is 5.65 Å². The maximum atomic E-state index is 4.77. The predicted molar refractivity (Wildman–Crippen MR) is 84.2 cm³/mol. The van der Waals surface area contributed by atoms with E-state index in [-0.39, 0.29) is 0 Å². The highest BCUT2D eigenvalue weighted by molar-refractivity contribution is 7.98. The summed E-state index contributed by atoms with van der Waals surface area (Å²) >= 11 is 1.87. The van der Waals surface area contributed by atoms with Crippen LogP contribution in [0, 0.1) is 0 Å². The van der Waals surface area contributed by atoms with Crippen molar-refractivity contribution >= 4 is 23.2 Å². The van der Waals surface area contributed by atoms with E-state index in [4.69, 9.17) is 4.98 Å². The van der Waals surface area contributed by atoms with Gasteiger partial charge in [0.05, 0.1) is 5.69 Å². The summed E-state index contributed by atoms with van der Waals surface area (Å²) in [5, 5.41) is 3.24. The molecule has 0 amide bonds. The SMILES string of the molecule is CNCc1c(N(C)C(C)CSC)nc2ccccn12. The van der Waals surface area contributed by atoms with Gasteiger partial charge in [0.25, 0.3) is 0 Å². The minimum absolute atomic E-state index is 0.468. The summed E-state index contributed by atoms with van der Waals surface area (Å²) in [6.45, 7) is 3.06. The lowest BCUT2D eigenvalue weighted by atomic mass is 10.3. The van der Waals surface area contributed by atoms with Crippen LogP contribution >= 0.6 is 11.8 Å². The Morgan fingerprint density at radius 1 is 1.47 bits per heavy atom. The molecule has 5 heteroatoms. The van der Waals surface area contributed by atoms with Gasteiger partial charge in [0.15, 0.2) is 5.82 Å². The summed E-state index contributed by atoms with van der Waals surface area (Å²) in [7, 11) is 4.10. The van der Waals surface area contributed by atoms with Gasteiger partial charge in [0, 0.05) is 31.6 Å². The highest BCUT2D eigenvalue weighted by Gasteiger charge is 2.18. The van der Waals surface area contributed by atoms with Crippen molar-refractivity contribution in [1.29, 1.82) is 0 Å². The van der Waals surface area contributed by atoms with Gasteiger partial charge in [0.2, 0.25) is 0 Å². The topological polar surface area (TPSA) is 32.6 Å². The van der Waals surface area contributed by atoms with E-state index in [0.29, 0.717) is 6.04 Å². The van der Waals surface area contributed by atoms with Crippen LogP contribution in [0.2, 0.25) is 0 Å². The first-order valence-corrected chi connectivity index (χ1v) is 7.90. The second-order valence-electron chi connectivity index (χ2n) is 4.76. The normalized spacial score (nSPS) is 12.8. The first-order chi connectivity index (χ1) is 9.19. The molecule has 19 heavy (non-hydrogen) atoms. The average Bonchev–Trinajstić information content (AvgIpc) is 2.78. The van der Waals surface area contributed by atoms with Crippen LogP contribution in [0.4, 0.5) is 5.82 Å². The highest BCUT2D eigenvalue weighted by Crippen LogP contribution is 2.23. The maximum absolute atomic E-state index is 4.77. The zero-order valence-electron chi connectivity index (χ0n) is 12.1. The lowest BCUT2D eigenvalue weighted by Gasteiger charge is -2.25. The molecule has 0 aliphatic heterocycles. The monoisotopic (exact) mass is 278 g/mol. The molecule has 1 unspecified atom stereocenters. The Morgan fingerprint density at radius 3 is 2.95 bits per heavy atom. The number of imidazole rings is 1. The van der Waals surface area contributed by atoms with E-state index in [2.05, 4.69) is 47.1 Å². The van der Waals surface area contributed by atoms with Crippen molar-refractivity contribution in [2.24, 2.45) is 0 Å². The van der Waals surface area contributed by atoms with Crippen molar-refractivity contribution in [2.75, 3.05) is 31.0 Å². The van der Waals surface area contributed by atoms with Crippen LogP contribution in [0.15, 0.2) is 24.4 Å². The Morgan fingerprint density at radius 2 is 2.26 bits per heavy atom. The minimum atomic E-state index is 0.468. The number of hydrogen-bond donors (Lipinski definition) is 1. The molecule has 0 radical (unpaired) electrons. The third-order valence-electron chi connectivity index (χ3n) is 3.36. The second kappa shape index (κ2) is 6.30. The molecule has 104 valence electrons. The summed E-state index contributed by atoms with van der Waals surface area (Å²) < 4.78 is 2.16. The average molecular weight is 278 g/mol. The van der Waals surface area contributed by atoms with Gasteiger partial charge in [-0.1, -0.05) is 6.07 Å². The summed E-state index contributed by atoms with van der Waals surface area (Å²) in [6.07, 6.45) is 4.22. The molecule has 0 aliphatic carbocycles. The van der Waals surface area contributed by atoms with E-state index >= 15 is 0 Å². The van der Waals surface area contributed by atoms with Crippen LogP contribution in [-0.2, 0) is 6.54 Å². The number of thioether (sulfide) groups is 1. The van der Waals surface area contributed by atoms with Gasteiger partial charge >= 0.3 is 0 Å². The molecule has 2 aromatic rings. The Labute approximate surface area is 119 Å². The van der Waals surface area contributed by atoms with Gasteiger partial charge in [-0.2, -0.15) is 11.8 Å². The zero-order chi connectivity index (χ0) is 13.8. The minimum Gasteiger partial charge on any atom is -0.355 e. The lowest BCUT2D eigenvalue weighted by Crippen LogP contribution is -2.32. The number of nitrogens with zero attached hydrogens (tertiary/aromatic N) is 3. The van der Waals surface area contributed by atoms with Gasteiger partial charge in [-0.25, -0.2) is 4.98 Å². The van der Waals surface area contributed by atoms with E-state index < -0.39 is 0 Å². The van der Waals surface area contributed by atoms with Crippen LogP contribution in [0.3, 0.4) is 0 Å². The summed E-state index contributed by atoms with van der Waals surface area (Å²) in [6, 6.07) is 6.59. The van der Waals surface area contributed by atoms with Crippen molar-refractivity contribution in [2.45, 2.75) is 19.5 Å². The van der Waals surface area contributed by atoms with Crippen LogP contribution < -0.4 is 10.2 Å². The molecule has 0 saturated heterocycles. The quantitative estimate of drug-likeness (QED) is 0.878. The molecule has 2 heterocycles. The van der Waals surface area contributed by atoms with Gasteiger partial charge < -0.3 is 14.6 Å². The van der Waals surface area contributed by atoms with Gasteiger partial charge in [-0.05, 0) is 32.4 Å². The standard InChI is InChI=1S/C14H22N4S/c1-11(10-19-4)17(3)14-12(9-15-2)18-8-6-5-7-13(18)16-14/h5-8,11,15H,9-10H2,1-4H3. The van der Waals surface area contributed by atoms with Crippen LogP contribution in [-0.4, -0.2) is 41.5 Å².